The van der Waals surface area contributed by atoms with E-state index in [-0.39, 0.29) is 5.91 Å². The van der Waals surface area contributed by atoms with Crippen LogP contribution in [0.1, 0.15) is 22.5 Å². The molecule has 3 rings (SSSR count). The molecule has 0 atom stereocenters. The van der Waals surface area contributed by atoms with Crippen molar-refractivity contribution in [3.63, 3.8) is 0 Å². The van der Waals surface area contributed by atoms with E-state index in [1.807, 2.05) is 18.2 Å². The van der Waals surface area contributed by atoms with Gasteiger partial charge in [0.1, 0.15) is 0 Å². The quantitative estimate of drug-likeness (QED) is 0.903. The minimum Gasteiger partial charge on any atom is -0.351 e. The highest BCUT2D eigenvalue weighted by atomic mass is 32.1. The fraction of sp³-hybridized carbons (Fsp3) is 0.400. The Balaban J connectivity index is 1.63. The van der Waals surface area contributed by atoms with Crippen LogP contribution >= 0.6 is 11.3 Å². The van der Waals surface area contributed by atoms with Gasteiger partial charge in [0.2, 0.25) is 0 Å². The van der Waals surface area contributed by atoms with Crippen LogP contribution < -0.4 is 10.6 Å². The van der Waals surface area contributed by atoms with Crippen molar-refractivity contribution in [3.8, 4) is 0 Å². The summed E-state index contributed by atoms with van der Waals surface area (Å²) in [5, 5.41) is 7.57. The molecule has 19 heavy (non-hydrogen) atoms. The monoisotopic (exact) mass is 274 g/mol. The number of hydrogen-bond acceptors (Lipinski definition) is 3. The topological polar surface area (TPSA) is 41.1 Å². The van der Waals surface area contributed by atoms with Crippen molar-refractivity contribution < 1.29 is 4.79 Å². The van der Waals surface area contributed by atoms with Gasteiger partial charge in [-0.2, -0.15) is 0 Å². The lowest BCUT2D eigenvalue weighted by atomic mass is 9.98. The number of piperidine rings is 1. The molecule has 3 nitrogen and oxygen atoms in total. The van der Waals surface area contributed by atoms with E-state index in [0.717, 1.165) is 42.7 Å². The normalized spacial score (nSPS) is 16.6. The zero-order valence-electron chi connectivity index (χ0n) is 10.8. The highest BCUT2D eigenvalue weighted by Gasteiger charge is 2.15. The van der Waals surface area contributed by atoms with Gasteiger partial charge in [-0.25, -0.2) is 0 Å². The Labute approximate surface area is 117 Å². The summed E-state index contributed by atoms with van der Waals surface area (Å²) in [5.74, 6) is 0.694. The number of rotatable bonds is 3. The fourth-order valence-corrected chi connectivity index (χ4v) is 3.48. The van der Waals surface area contributed by atoms with Crippen LogP contribution in [0.5, 0.6) is 0 Å². The molecule has 100 valence electrons. The van der Waals surface area contributed by atoms with Crippen LogP contribution in [0.3, 0.4) is 0 Å². The van der Waals surface area contributed by atoms with Gasteiger partial charge in [0.05, 0.1) is 4.88 Å². The van der Waals surface area contributed by atoms with E-state index in [4.69, 9.17) is 0 Å². The molecule has 1 aromatic heterocycles. The molecule has 0 bridgehead atoms. The first-order valence-electron chi connectivity index (χ1n) is 6.80. The van der Waals surface area contributed by atoms with Gasteiger partial charge in [-0.05, 0) is 49.4 Å². The second-order valence-electron chi connectivity index (χ2n) is 5.05. The number of thiophene rings is 1. The summed E-state index contributed by atoms with van der Waals surface area (Å²) in [5.41, 5.74) is 0. The van der Waals surface area contributed by atoms with Gasteiger partial charge >= 0.3 is 0 Å². The maximum absolute atomic E-state index is 12.1. The molecule has 0 aliphatic carbocycles. The van der Waals surface area contributed by atoms with E-state index >= 15 is 0 Å². The maximum atomic E-state index is 12.1. The molecule has 2 aromatic rings. The highest BCUT2D eigenvalue weighted by molar-refractivity contribution is 7.20. The molecule has 1 saturated heterocycles. The number of carbonyl (C=O) groups excluding carboxylic acids is 1. The maximum Gasteiger partial charge on any atom is 0.261 e. The van der Waals surface area contributed by atoms with Crippen molar-refractivity contribution >= 4 is 27.3 Å². The summed E-state index contributed by atoms with van der Waals surface area (Å²) in [7, 11) is 0. The minimum absolute atomic E-state index is 0.0692. The van der Waals surface area contributed by atoms with E-state index in [0.29, 0.717) is 5.92 Å². The van der Waals surface area contributed by atoms with Gasteiger partial charge in [-0.15, -0.1) is 11.3 Å². The number of carbonyl (C=O) groups is 1. The van der Waals surface area contributed by atoms with Crippen molar-refractivity contribution in [3.05, 3.63) is 35.2 Å². The molecular formula is C15H18N2OS. The van der Waals surface area contributed by atoms with Crippen molar-refractivity contribution in [1.82, 2.24) is 10.6 Å². The molecule has 4 heteroatoms. The van der Waals surface area contributed by atoms with Crippen LogP contribution in [0.2, 0.25) is 0 Å². The second kappa shape index (κ2) is 5.72. The van der Waals surface area contributed by atoms with Crippen LogP contribution in [-0.2, 0) is 0 Å². The zero-order chi connectivity index (χ0) is 13.1. The van der Waals surface area contributed by atoms with Crippen molar-refractivity contribution in [2.75, 3.05) is 19.6 Å². The number of fused-ring (bicyclic) bond motifs is 1. The molecule has 1 fully saturated rings. The van der Waals surface area contributed by atoms with Crippen LogP contribution in [0.4, 0.5) is 0 Å². The lowest BCUT2D eigenvalue weighted by molar-refractivity contribution is 0.0948. The van der Waals surface area contributed by atoms with Gasteiger partial charge in [0.15, 0.2) is 0 Å². The van der Waals surface area contributed by atoms with Crippen molar-refractivity contribution in [2.24, 2.45) is 5.92 Å². The molecule has 0 radical (unpaired) electrons. The summed E-state index contributed by atoms with van der Waals surface area (Å²) in [4.78, 5) is 13.0. The first-order chi connectivity index (χ1) is 9.33. The Bertz CT molecular complexity index is 539. The molecule has 1 aliphatic rings. The molecule has 1 amide bonds. The first-order valence-corrected chi connectivity index (χ1v) is 7.62. The van der Waals surface area contributed by atoms with E-state index in [9.17, 15) is 4.79 Å². The SMILES string of the molecule is O=C(NCC1CCNCC1)c1cc2ccccc2s1. The van der Waals surface area contributed by atoms with Gasteiger partial charge in [-0.1, -0.05) is 18.2 Å². The Hall–Kier alpha value is -1.39. The van der Waals surface area contributed by atoms with E-state index in [1.165, 1.54) is 4.70 Å². The standard InChI is InChI=1S/C15H18N2OS/c18-15(17-10-11-5-7-16-8-6-11)14-9-12-3-1-2-4-13(12)19-14/h1-4,9,11,16H,5-8,10H2,(H,17,18). The van der Waals surface area contributed by atoms with Crippen LogP contribution in [0.25, 0.3) is 10.1 Å². The number of amides is 1. The Kier molecular flexibility index (Phi) is 3.80. The number of benzene rings is 1. The minimum atomic E-state index is 0.0692. The molecule has 2 N–H and O–H groups in total. The Morgan fingerprint density at radius 2 is 2.11 bits per heavy atom. The van der Waals surface area contributed by atoms with E-state index < -0.39 is 0 Å². The second-order valence-corrected chi connectivity index (χ2v) is 6.14. The number of hydrogen-bond donors (Lipinski definition) is 2. The lowest BCUT2D eigenvalue weighted by Crippen LogP contribution is -2.35. The summed E-state index contributed by atoms with van der Waals surface area (Å²) >= 11 is 1.57. The third-order valence-electron chi connectivity index (χ3n) is 3.66. The van der Waals surface area contributed by atoms with Gasteiger partial charge in [0.25, 0.3) is 5.91 Å². The Morgan fingerprint density at radius 1 is 1.32 bits per heavy atom. The average Bonchev–Trinajstić information content (AvgIpc) is 2.90. The molecule has 2 heterocycles. The zero-order valence-corrected chi connectivity index (χ0v) is 11.6. The summed E-state index contributed by atoms with van der Waals surface area (Å²) in [6, 6.07) is 10.1. The van der Waals surface area contributed by atoms with Gasteiger partial charge in [0, 0.05) is 11.2 Å². The van der Waals surface area contributed by atoms with E-state index in [2.05, 4.69) is 22.8 Å². The van der Waals surface area contributed by atoms with Gasteiger partial charge < -0.3 is 10.6 Å². The summed E-state index contributed by atoms with van der Waals surface area (Å²) in [6.45, 7) is 2.95. The largest absolute Gasteiger partial charge is 0.351 e. The van der Waals surface area contributed by atoms with E-state index in [1.54, 1.807) is 11.3 Å². The summed E-state index contributed by atoms with van der Waals surface area (Å²) in [6.07, 6.45) is 2.32. The highest BCUT2D eigenvalue weighted by Crippen LogP contribution is 2.25. The predicted octanol–water partition coefficient (Wildman–Crippen LogP) is 2.63. The average molecular weight is 274 g/mol. The molecule has 0 spiro atoms. The third-order valence-corrected chi connectivity index (χ3v) is 4.77. The molecule has 1 aromatic carbocycles. The molecule has 0 saturated carbocycles. The number of nitrogens with one attached hydrogen (secondary N) is 2. The van der Waals surface area contributed by atoms with Crippen LogP contribution in [-0.4, -0.2) is 25.5 Å². The first kappa shape index (κ1) is 12.6. The summed E-state index contributed by atoms with van der Waals surface area (Å²) < 4.78 is 1.18. The van der Waals surface area contributed by atoms with Gasteiger partial charge in [-0.3, -0.25) is 4.79 Å². The smallest absolute Gasteiger partial charge is 0.261 e. The van der Waals surface area contributed by atoms with Crippen molar-refractivity contribution in [2.45, 2.75) is 12.8 Å². The lowest BCUT2D eigenvalue weighted by Gasteiger charge is -2.22. The van der Waals surface area contributed by atoms with Crippen molar-refractivity contribution in [1.29, 1.82) is 0 Å². The third kappa shape index (κ3) is 2.96. The molecule has 0 unspecified atom stereocenters. The van der Waals surface area contributed by atoms with Crippen LogP contribution in [0, 0.1) is 5.92 Å². The van der Waals surface area contributed by atoms with Crippen LogP contribution in [0.15, 0.2) is 30.3 Å². The molecular weight excluding hydrogens is 256 g/mol. The Morgan fingerprint density at radius 3 is 2.89 bits per heavy atom. The fourth-order valence-electron chi connectivity index (χ4n) is 2.50. The molecule has 1 aliphatic heterocycles. The predicted molar refractivity (Wildman–Crippen MR) is 79.8 cm³/mol.